The van der Waals surface area contributed by atoms with Gasteiger partial charge in [-0.1, -0.05) is 24.3 Å². The minimum atomic E-state index is 0.984. The Morgan fingerprint density at radius 1 is 0.720 bits per heavy atom. The summed E-state index contributed by atoms with van der Waals surface area (Å²) in [4.78, 5) is 8.54. The highest BCUT2D eigenvalue weighted by Crippen LogP contribution is 2.36. The molecule has 4 heteroatoms. The molecule has 4 nitrogen and oxygen atoms in total. The van der Waals surface area contributed by atoms with Crippen LogP contribution in [0.2, 0.25) is 0 Å². The summed E-state index contributed by atoms with van der Waals surface area (Å²) in [6.07, 6.45) is 10.2. The SMILES string of the molecule is c1cncc(-[n+]2cnc[n+](-c3ccc4c(c3)Cc3ccccc3-4)c2)c1. The molecule has 0 saturated carbocycles. The van der Waals surface area contributed by atoms with Crippen LogP contribution in [0, 0.1) is 0 Å². The van der Waals surface area contributed by atoms with E-state index in [0.717, 1.165) is 17.8 Å². The van der Waals surface area contributed by atoms with Gasteiger partial charge in [0.2, 0.25) is 0 Å². The van der Waals surface area contributed by atoms with Gasteiger partial charge in [-0.3, -0.25) is 4.98 Å². The summed E-state index contributed by atoms with van der Waals surface area (Å²) in [5, 5.41) is 0. The average Bonchev–Trinajstić information content (AvgIpc) is 3.06. The highest BCUT2D eigenvalue weighted by Gasteiger charge is 2.20. The lowest BCUT2D eigenvalue weighted by atomic mass is 10.1. The molecule has 0 bridgehead atoms. The van der Waals surface area contributed by atoms with Crippen LogP contribution < -0.4 is 9.13 Å². The van der Waals surface area contributed by atoms with Gasteiger partial charge in [0.05, 0.1) is 11.2 Å². The Kier molecular flexibility index (Phi) is 3.13. The van der Waals surface area contributed by atoms with E-state index in [2.05, 4.69) is 52.4 Å². The number of nitrogens with zero attached hydrogens (tertiary/aromatic N) is 4. The smallest absolute Gasteiger partial charge is 0.259 e. The van der Waals surface area contributed by atoms with Crippen molar-refractivity contribution in [1.29, 1.82) is 0 Å². The van der Waals surface area contributed by atoms with Crippen molar-refractivity contribution in [3.8, 4) is 22.5 Å². The maximum Gasteiger partial charge on any atom is 0.363 e. The molecule has 2 heterocycles. The fraction of sp³-hybridized carbons (Fsp3) is 0.0476. The first-order chi connectivity index (χ1) is 12.4. The number of benzene rings is 2. The second-order valence-electron chi connectivity index (χ2n) is 6.20. The van der Waals surface area contributed by atoms with E-state index in [9.17, 15) is 0 Å². The Morgan fingerprint density at radius 2 is 1.56 bits per heavy atom. The predicted octanol–water partition coefficient (Wildman–Crippen LogP) is 2.60. The zero-order valence-electron chi connectivity index (χ0n) is 13.6. The topological polar surface area (TPSA) is 33.5 Å². The van der Waals surface area contributed by atoms with E-state index in [1.807, 2.05) is 40.1 Å². The molecule has 0 spiro atoms. The normalized spacial score (nSPS) is 11.8. The van der Waals surface area contributed by atoms with Gasteiger partial charge in [0.25, 0.3) is 0 Å². The number of rotatable bonds is 2. The molecule has 1 aliphatic rings. The molecule has 5 rings (SSSR count). The van der Waals surface area contributed by atoms with Crippen molar-refractivity contribution in [3.63, 3.8) is 0 Å². The van der Waals surface area contributed by atoms with Gasteiger partial charge in [0.15, 0.2) is 11.4 Å². The van der Waals surface area contributed by atoms with Crippen LogP contribution in [-0.2, 0) is 6.42 Å². The molecule has 1 aliphatic carbocycles. The van der Waals surface area contributed by atoms with E-state index in [1.54, 1.807) is 12.5 Å². The molecule has 25 heavy (non-hydrogen) atoms. The quantitative estimate of drug-likeness (QED) is 0.468. The first-order valence-corrected chi connectivity index (χ1v) is 8.28. The van der Waals surface area contributed by atoms with Crippen molar-refractivity contribution < 1.29 is 9.13 Å². The van der Waals surface area contributed by atoms with Crippen molar-refractivity contribution in [2.24, 2.45) is 0 Å². The zero-order chi connectivity index (χ0) is 16.6. The van der Waals surface area contributed by atoms with E-state index in [4.69, 9.17) is 0 Å². The molecular formula is C21H16N4+2. The highest BCUT2D eigenvalue weighted by atomic mass is 15.2. The third-order valence-electron chi connectivity index (χ3n) is 4.65. The van der Waals surface area contributed by atoms with Gasteiger partial charge in [-0.15, -0.1) is 9.13 Å². The van der Waals surface area contributed by atoms with Gasteiger partial charge in [-0.05, 0) is 59.0 Å². The van der Waals surface area contributed by atoms with Crippen LogP contribution in [0.5, 0.6) is 0 Å². The Morgan fingerprint density at radius 3 is 2.44 bits per heavy atom. The maximum atomic E-state index is 4.37. The molecule has 4 aromatic rings. The molecule has 0 N–H and O–H groups in total. The molecular weight excluding hydrogens is 308 g/mol. The summed E-state index contributed by atoms with van der Waals surface area (Å²) in [5.41, 5.74) is 7.55. The minimum Gasteiger partial charge on any atom is -0.259 e. The van der Waals surface area contributed by atoms with Crippen molar-refractivity contribution in [1.82, 2.24) is 9.97 Å². The van der Waals surface area contributed by atoms with Gasteiger partial charge in [-0.25, -0.2) is 0 Å². The molecule has 0 aliphatic heterocycles. The van der Waals surface area contributed by atoms with Crippen LogP contribution in [0.3, 0.4) is 0 Å². The fourth-order valence-corrected chi connectivity index (χ4v) is 3.43. The minimum absolute atomic E-state index is 0.984. The summed E-state index contributed by atoms with van der Waals surface area (Å²) in [7, 11) is 0. The molecule has 0 radical (unpaired) electrons. The summed E-state index contributed by atoms with van der Waals surface area (Å²) in [5.74, 6) is 0. The Labute approximate surface area is 145 Å². The molecule has 0 atom stereocenters. The molecule has 0 unspecified atom stereocenters. The monoisotopic (exact) mass is 324 g/mol. The number of aromatic nitrogens is 4. The maximum absolute atomic E-state index is 4.37. The summed E-state index contributed by atoms with van der Waals surface area (Å²) in [6, 6.07) is 19.2. The summed E-state index contributed by atoms with van der Waals surface area (Å²) < 4.78 is 4.01. The first kappa shape index (κ1) is 14.0. The third-order valence-corrected chi connectivity index (χ3v) is 4.65. The molecule has 118 valence electrons. The second-order valence-corrected chi connectivity index (χ2v) is 6.20. The van der Waals surface area contributed by atoms with Crippen molar-refractivity contribution in [2.45, 2.75) is 6.42 Å². The van der Waals surface area contributed by atoms with Crippen LogP contribution >= 0.6 is 0 Å². The van der Waals surface area contributed by atoms with E-state index < -0.39 is 0 Å². The van der Waals surface area contributed by atoms with Crippen LogP contribution in [0.1, 0.15) is 11.1 Å². The van der Waals surface area contributed by atoms with Gasteiger partial charge < -0.3 is 0 Å². The Balaban J connectivity index is 1.56. The third kappa shape index (κ3) is 2.39. The van der Waals surface area contributed by atoms with E-state index >= 15 is 0 Å². The lowest BCUT2D eigenvalue weighted by Gasteiger charge is -2.02. The predicted molar refractivity (Wildman–Crippen MR) is 93.3 cm³/mol. The number of pyridine rings is 1. The van der Waals surface area contributed by atoms with Crippen molar-refractivity contribution in [3.05, 3.63) is 97.1 Å². The Hall–Kier alpha value is -3.40. The molecule has 0 amide bonds. The number of fused-ring (bicyclic) bond motifs is 3. The summed E-state index contributed by atoms with van der Waals surface area (Å²) in [6.45, 7) is 0. The van der Waals surface area contributed by atoms with Gasteiger partial charge >= 0.3 is 19.0 Å². The lowest BCUT2D eigenvalue weighted by Crippen LogP contribution is -2.44. The fourth-order valence-electron chi connectivity index (χ4n) is 3.43. The average molecular weight is 324 g/mol. The van der Waals surface area contributed by atoms with Crippen LogP contribution in [0.4, 0.5) is 0 Å². The largest absolute Gasteiger partial charge is 0.363 e. The van der Waals surface area contributed by atoms with E-state index in [1.165, 1.54) is 22.3 Å². The molecule has 2 aromatic heterocycles. The van der Waals surface area contributed by atoms with Crippen molar-refractivity contribution in [2.75, 3.05) is 0 Å². The van der Waals surface area contributed by atoms with Crippen LogP contribution in [-0.4, -0.2) is 9.97 Å². The summed E-state index contributed by atoms with van der Waals surface area (Å²) >= 11 is 0. The van der Waals surface area contributed by atoms with Gasteiger partial charge in [0.1, 0.15) is 0 Å². The molecule has 2 aromatic carbocycles. The zero-order valence-corrected chi connectivity index (χ0v) is 13.6. The first-order valence-electron chi connectivity index (χ1n) is 8.28. The van der Waals surface area contributed by atoms with Crippen LogP contribution in [0.15, 0.2) is 86.0 Å². The standard InChI is InChI=1S/C21H16N4/c1-2-6-20-16(4-1)10-17-11-18(7-8-21(17)20)24-13-23-14-25(15-24)19-5-3-9-22-12-19/h1-9,11-15H,10H2/q+2. The number of hydrogen-bond donors (Lipinski definition) is 0. The number of hydrogen-bond acceptors (Lipinski definition) is 2. The van der Waals surface area contributed by atoms with Gasteiger partial charge in [0, 0.05) is 6.20 Å². The molecule has 0 fully saturated rings. The van der Waals surface area contributed by atoms with E-state index in [-0.39, 0.29) is 0 Å². The highest BCUT2D eigenvalue weighted by molar-refractivity contribution is 5.77. The lowest BCUT2D eigenvalue weighted by molar-refractivity contribution is -0.741. The van der Waals surface area contributed by atoms with Crippen LogP contribution in [0.25, 0.3) is 22.5 Å². The second kappa shape index (κ2) is 5.60. The Bertz CT molecular complexity index is 1070. The van der Waals surface area contributed by atoms with E-state index in [0.29, 0.717) is 0 Å². The van der Waals surface area contributed by atoms with Crippen molar-refractivity contribution >= 4 is 0 Å². The molecule has 0 saturated heterocycles. The van der Waals surface area contributed by atoms with Gasteiger partial charge in [-0.2, -0.15) is 0 Å².